The maximum atomic E-state index is 12.2. The second-order valence-electron chi connectivity index (χ2n) is 6.46. The summed E-state index contributed by atoms with van der Waals surface area (Å²) in [6.45, 7) is 2.98. The average Bonchev–Trinajstić information content (AvgIpc) is 3.04. The highest BCUT2D eigenvalue weighted by Gasteiger charge is 2.35. The first kappa shape index (κ1) is 15.0. The molecule has 4 heteroatoms. The number of aromatic amines is 1. The Hall–Kier alpha value is -2.59. The molecule has 4 nitrogen and oxygen atoms in total. The standard InChI is InChI=1S/C20H21N3O/c1-13(17-12-22-18-9-5-4-8-16(17)18)23-11-10-14-6-2-3-7-15(14)19(23)20(21)24/h2-9,12-13,19,22H,10-11H2,1H3,(H2,21,24). The molecule has 24 heavy (non-hydrogen) atoms. The first-order chi connectivity index (χ1) is 11.7. The molecule has 0 saturated heterocycles. The fourth-order valence-corrected chi connectivity index (χ4v) is 3.94. The molecular weight excluding hydrogens is 298 g/mol. The van der Waals surface area contributed by atoms with Crippen LogP contribution in [0.2, 0.25) is 0 Å². The zero-order chi connectivity index (χ0) is 16.7. The van der Waals surface area contributed by atoms with Gasteiger partial charge in [-0.25, -0.2) is 0 Å². The quantitative estimate of drug-likeness (QED) is 0.778. The van der Waals surface area contributed by atoms with Crippen molar-refractivity contribution in [2.75, 3.05) is 6.54 Å². The molecule has 0 spiro atoms. The van der Waals surface area contributed by atoms with Gasteiger partial charge in [-0.1, -0.05) is 42.5 Å². The third-order valence-corrected chi connectivity index (χ3v) is 5.16. The van der Waals surface area contributed by atoms with E-state index in [1.807, 2.05) is 36.5 Å². The number of nitrogens with zero attached hydrogens (tertiary/aromatic N) is 1. The number of hydrogen-bond donors (Lipinski definition) is 2. The Labute approximate surface area is 141 Å². The second-order valence-corrected chi connectivity index (χ2v) is 6.46. The summed E-state index contributed by atoms with van der Waals surface area (Å²) in [7, 11) is 0. The maximum Gasteiger partial charge on any atom is 0.239 e. The summed E-state index contributed by atoms with van der Waals surface area (Å²) < 4.78 is 0. The van der Waals surface area contributed by atoms with Crippen molar-refractivity contribution in [3.8, 4) is 0 Å². The summed E-state index contributed by atoms with van der Waals surface area (Å²) in [4.78, 5) is 17.8. The number of aromatic nitrogens is 1. The van der Waals surface area contributed by atoms with Gasteiger partial charge in [0.2, 0.25) is 5.91 Å². The molecule has 0 radical (unpaired) electrons. The molecule has 2 aromatic carbocycles. The molecule has 0 aliphatic carbocycles. The van der Waals surface area contributed by atoms with Crippen LogP contribution in [0.25, 0.3) is 10.9 Å². The van der Waals surface area contributed by atoms with E-state index in [9.17, 15) is 4.79 Å². The molecule has 1 aliphatic heterocycles. The molecular formula is C20H21N3O. The Morgan fingerprint density at radius 2 is 1.96 bits per heavy atom. The van der Waals surface area contributed by atoms with E-state index in [1.165, 1.54) is 16.5 Å². The predicted octanol–water partition coefficient (Wildman–Crippen LogP) is 3.31. The number of rotatable bonds is 3. The summed E-state index contributed by atoms with van der Waals surface area (Å²) in [5, 5.41) is 1.20. The fraction of sp³-hybridized carbons (Fsp3) is 0.250. The Morgan fingerprint density at radius 1 is 1.21 bits per heavy atom. The van der Waals surface area contributed by atoms with E-state index in [4.69, 9.17) is 5.73 Å². The molecule has 0 saturated carbocycles. The molecule has 2 atom stereocenters. The molecule has 1 aliphatic rings. The summed E-state index contributed by atoms with van der Waals surface area (Å²) in [6.07, 6.45) is 2.99. The lowest BCUT2D eigenvalue weighted by molar-refractivity contribution is -0.124. The van der Waals surface area contributed by atoms with Gasteiger partial charge < -0.3 is 10.7 Å². The number of carbonyl (C=O) groups excluding carboxylic acids is 1. The van der Waals surface area contributed by atoms with Gasteiger partial charge in [-0.2, -0.15) is 0 Å². The van der Waals surface area contributed by atoms with Crippen LogP contribution in [0.5, 0.6) is 0 Å². The number of primary amides is 1. The van der Waals surface area contributed by atoms with Crippen LogP contribution in [0.15, 0.2) is 54.7 Å². The van der Waals surface area contributed by atoms with Gasteiger partial charge >= 0.3 is 0 Å². The zero-order valence-electron chi connectivity index (χ0n) is 13.7. The van der Waals surface area contributed by atoms with Gasteiger partial charge in [0.1, 0.15) is 6.04 Å². The number of benzene rings is 2. The largest absolute Gasteiger partial charge is 0.368 e. The molecule has 1 amide bonds. The minimum absolute atomic E-state index is 0.104. The molecule has 0 fully saturated rings. The van der Waals surface area contributed by atoms with E-state index in [0.29, 0.717) is 0 Å². The molecule has 4 rings (SSSR count). The molecule has 2 unspecified atom stereocenters. The highest BCUT2D eigenvalue weighted by molar-refractivity contribution is 5.84. The van der Waals surface area contributed by atoms with Crippen molar-refractivity contribution in [1.82, 2.24) is 9.88 Å². The van der Waals surface area contributed by atoms with Crippen LogP contribution in [0.3, 0.4) is 0 Å². The summed E-state index contributed by atoms with van der Waals surface area (Å²) in [5.74, 6) is -0.283. The summed E-state index contributed by atoms with van der Waals surface area (Å²) in [5.41, 5.74) is 10.4. The number of hydrogen-bond acceptors (Lipinski definition) is 2. The zero-order valence-corrected chi connectivity index (χ0v) is 13.7. The van der Waals surface area contributed by atoms with E-state index < -0.39 is 0 Å². The monoisotopic (exact) mass is 319 g/mol. The Morgan fingerprint density at radius 3 is 2.79 bits per heavy atom. The Kier molecular flexibility index (Phi) is 3.62. The maximum absolute atomic E-state index is 12.2. The highest BCUT2D eigenvalue weighted by Crippen LogP contribution is 2.37. The number of nitrogens with two attached hydrogens (primary N) is 1. The van der Waals surface area contributed by atoms with E-state index in [1.54, 1.807) is 0 Å². The predicted molar refractivity (Wildman–Crippen MR) is 95.5 cm³/mol. The number of carbonyl (C=O) groups is 1. The van der Waals surface area contributed by atoms with Gasteiger partial charge in [0, 0.05) is 29.7 Å². The van der Waals surface area contributed by atoms with Crippen molar-refractivity contribution in [1.29, 1.82) is 0 Å². The Bertz CT molecular complexity index is 899. The van der Waals surface area contributed by atoms with Gasteiger partial charge in [-0.15, -0.1) is 0 Å². The number of para-hydroxylation sites is 1. The SMILES string of the molecule is CC(c1c[nH]c2ccccc12)N1CCc2ccccc2C1C(N)=O. The lowest BCUT2D eigenvalue weighted by Crippen LogP contribution is -2.43. The second kappa shape index (κ2) is 5.80. The van der Waals surface area contributed by atoms with Crippen LogP contribution in [-0.2, 0) is 11.2 Å². The van der Waals surface area contributed by atoms with Crippen LogP contribution >= 0.6 is 0 Å². The number of amides is 1. The third-order valence-electron chi connectivity index (χ3n) is 5.16. The van der Waals surface area contributed by atoms with E-state index >= 15 is 0 Å². The summed E-state index contributed by atoms with van der Waals surface area (Å²) >= 11 is 0. The van der Waals surface area contributed by atoms with E-state index in [0.717, 1.165) is 24.0 Å². The van der Waals surface area contributed by atoms with Crippen molar-refractivity contribution in [2.24, 2.45) is 5.73 Å². The van der Waals surface area contributed by atoms with E-state index in [-0.39, 0.29) is 18.0 Å². The van der Waals surface area contributed by atoms with Gasteiger partial charge in [-0.3, -0.25) is 9.69 Å². The minimum atomic E-state index is -0.376. The van der Waals surface area contributed by atoms with Crippen molar-refractivity contribution in [3.63, 3.8) is 0 Å². The number of H-pyrrole nitrogens is 1. The fourth-order valence-electron chi connectivity index (χ4n) is 3.94. The van der Waals surface area contributed by atoms with E-state index in [2.05, 4.69) is 35.0 Å². The molecule has 2 heterocycles. The van der Waals surface area contributed by atoms with Gasteiger partial charge in [0.05, 0.1) is 0 Å². The lowest BCUT2D eigenvalue weighted by Gasteiger charge is -2.39. The smallest absolute Gasteiger partial charge is 0.239 e. The van der Waals surface area contributed by atoms with Gasteiger partial charge in [0.25, 0.3) is 0 Å². The van der Waals surface area contributed by atoms with Crippen LogP contribution in [0.4, 0.5) is 0 Å². The van der Waals surface area contributed by atoms with Crippen molar-refractivity contribution in [3.05, 3.63) is 71.4 Å². The molecule has 3 N–H and O–H groups in total. The molecule has 1 aromatic heterocycles. The number of nitrogens with one attached hydrogen (secondary N) is 1. The first-order valence-corrected chi connectivity index (χ1v) is 8.35. The number of fused-ring (bicyclic) bond motifs is 2. The van der Waals surface area contributed by atoms with Gasteiger partial charge in [-0.05, 0) is 36.1 Å². The molecule has 3 aromatic rings. The van der Waals surface area contributed by atoms with Crippen molar-refractivity contribution >= 4 is 16.8 Å². The average molecular weight is 319 g/mol. The highest BCUT2D eigenvalue weighted by atomic mass is 16.1. The Balaban J connectivity index is 1.76. The molecule has 0 bridgehead atoms. The first-order valence-electron chi connectivity index (χ1n) is 8.35. The van der Waals surface area contributed by atoms with Crippen LogP contribution < -0.4 is 5.73 Å². The van der Waals surface area contributed by atoms with Crippen LogP contribution in [-0.4, -0.2) is 22.3 Å². The van der Waals surface area contributed by atoms with Crippen LogP contribution in [0, 0.1) is 0 Å². The van der Waals surface area contributed by atoms with Crippen molar-refractivity contribution in [2.45, 2.75) is 25.4 Å². The topological polar surface area (TPSA) is 62.1 Å². The lowest BCUT2D eigenvalue weighted by atomic mass is 9.90. The normalized spacial score (nSPS) is 19.1. The molecule has 122 valence electrons. The summed E-state index contributed by atoms with van der Waals surface area (Å²) in [6, 6.07) is 16.1. The van der Waals surface area contributed by atoms with Crippen LogP contribution in [0.1, 0.15) is 35.7 Å². The van der Waals surface area contributed by atoms with Gasteiger partial charge in [0.15, 0.2) is 0 Å². The third kappa shape index (κ3) is 2.31. The minimum Gasteiger partial charge on any atom is -0.368 e. The van der Waals surface area contributed by atoms with Crippen molar-refractivity contribution < 1.29 is 4.79 Å².